The van der Waals surface area contributed by atoms with Gasteiger partial charge >= 0.3 is 6.09 Å². The zero-order chi connectivity index (χ0) is 46.1. The van der Waals surface area contributed by atoms with E-state index in [1.54, 1.807) is 17.1 Å². The van der Waals surface area contributed by atoms with Gasteiger partial charge in [0.05, 0.1) is 51.3 Å². The Morgan fingerprint density at radius 2 is 1.62 bits per heavy atom. The van der Waals surface area contributed by atoms with Crippen molar-refractivity contribution in [1.29, 1.82) is 0 Å². The van der Waals surface area contributed by atoms with Gasteiger partial charge in [0.1, 0.15) is 24.1 Å². The number of allylic oxidation sites excluding steroid dienone is 1. The quantitative estimate of drug-likeness (QED) is 0.0350. The molecule has 4 aliphatic rings. The van der Waals surface area contributed by atoms with Crippen LogP contribution in [-0.2, 0) is 23.8 Å². The average Bonchev–Trinajstić information content (AvgIpc) is 3.32. The molecule has 65 heavy (non-hydrogen) atoms. The van der Waals surface area contributed by atoms with Crippen LogP contribution in [0.15, 0.2) is 60.3 Å². The Labute approximate surface area is 389 Å². The van der Waals surface area contributed by atoms with Crippen LogP contribution in [0.4, 0.5) is 4.79 Å². The fraction of sp³-hybridized carbons (Fsp3) is 0.731. The van der Waals surface area contributed by atoms with Crippen molar-refractivity contribution in [1.82, 2.24) is 4.90 Å². The summed E-state index contributed by atoms with van der Waals surface area (Å²) in [5, 5.41) is 34.5. The number of benzene rings is 1. The van der Waals surface area contributed by atoms with Crippen molar-refractivity contribution in [2.75, 3.05) is 66.0 Å². The fourth-order valence-electron chi connectivity index (χ4n) is 10.3. The van der Waals surface area contributed by atoms with E-state index in [9.17, 15) is 20.1 Å². The van der Waals surface area contributed by atoms with E-state index >= 15 is 0 Å². The smallest absolute Gasteiger partial charge is 0.410 e. The molecule has 1 aromatic rings. The molecule has 2 fully saturated rings. The van der Waals surface area contributed by atoms with Crippen molar-refractivity contribution in [2.45, 2.75) is 159 Å². The van der Waals surface area contributed by atoms with Crippen molar-refractivity contribution >= 4 is 11.8 Å². The van der Waals surface area contributed by atoms with Crippen LogP contribution in [0.25, 0.3) is 0 Å². The molecule has 366 valence electrons. The first-order valence-corrected chi connectivity index (χ1v) is 25.2. The summed E-state index contributed by atoms with van der Waals surface area (Å²) in [6.07, 6.45) is 24.0. The number of hydrogen-bond donors (Lipinski definition) is 3. The number of aliphatic hydroxyl groups is 3. The lowest BCUT2D eigenvalue weighted by Crippen LogP contribution is -2.70. The predicted molar refractivity (Wildman–Crippen MR) is 253 cm³/mol. The Hall–Kier alpha value is -3.46. The van der Waals surface area contributed by atoms with Crippen LogP contribution in [0.1, 0.15) is 147 Å². The normalized spacial score (nSPS) is 25.2. The molecule has 5 rings (SSSR count). The number of carbonyl (C=O) groups is 1. The van der Waals surface area contributed by atoms with Crippen LogP contribution < -0.4 is 9.47 Å². The maximum atomic E-state index is 14.7. The SMILES string of the molecule is C=CCOc1ccc2c(c1)[C@H]1[C@H](CCCCO)[C@@H](CCCCO)C=C3C(=NOC4CCCCO4)C[C@H](N(CCOCCO)C(=O)OCCCCCCCCCCCC)[C@@](OCC=C)(O2)[C@H]31. The molecule has 3 N–H and O–H groups in total. The highest BCUT2D eigenvalue weighted by atomic mass is 16.8. The molecule has 1 amide bonds. The summed E-state index contributed by atoms with van der Waals surface area (Å²) in [5.41, 5.74) is 2.60. The van der Waals surface area contributed by atoms with E-state index in [1.165, 1.54) is 44.9 Å². The number of ether oxygens (including phenoxy) is 6. The van der Waals surface area contributed by atoms with Crippen LogP contribution in [0.3, 0.4) is 0 Å². The second-order valence-corrected chi connectivity index (χ2v) is 18.1. The monoisotopic (exact) mass is 911 g/mol. The highest BCUT2D eigenvalue weighted by Crippen LogP contribution is 2.62. The molecule has 13 heteroatoms. The Morgan fingerprint density at radius 3 is 2.31 bits per heavy atom. The van der Waals surface area contributed by atoms with Gasteiger partial charge in [0.15, 0.2) is 0 Å². The molecule has 13 nitrogen and oxygen atoms in total. The van der Waals surface area contributed by atoms with E-state index in [0.29, 0.717) is 43.3 Å². The largest absolute Gasteiger partial charge is 0.490 e. The van der Waals surface area contributed by atoms with E-state index in [2.05, 4.69) is 32.2 Å². The number of rotatable bonds is 33. The number of aliphatic hydroxyl groups excluding tert-OH is 3. The van der Waals surface area contributed by atoms with Gasteiger partial charge in [-0.25, -0.2) is 4.79 Å². The Balaban J connectivity index is 1.59. The topological polar surface area (TPSA) is 158 Å². The average molecular weight is 911 g/mol. The number of unbranched alkanes of at least 4 members (excludes halogenated alkanes) is 11. The van der Waals surface area contributed by atoms with E-state index in [-0.39, 0.29) is 77.0 Å². The molecule has 1 saturated heterocycles. The van der Waals surface area contributed by atoms with E-state index in [4.69, 9.17) is 38.4 Å². The van der Waals surface area contributed by atoms with Gasteiger partial charge in [0.25, 0.3) is 0 Å². The molecule has 1 unspecified atom stereocenters. The number of carbonyl (C=O) groups excluding carboxylic acids is 1. The Morgan fingerprint density at radius 1 is 0.877 bits per heavy atom. The number of amides is 1. The van der Waals surface area contributed by atoms with Gasteiger partial charge in [-0.1, -0.05) is 108 Å². The van der Waals surface area contributed by atoms with Crippen LogP contribution >= 0.6 is 0 Å². The molecule has 0 bridgehead atoms. The van der Waals surface area contributed by atoms with Crippen LogP contribution in [-0.4, -0.2) is 116 Å². The first kappa shape index (κ1) is 52.5. The molecule has 1 saturated carbocycles. The molecule has 1 aromatic carbocycles. The van der Waals surface area contributed by atoms with Gasteiger partial charge in [-0.3, -0.25) is 4.90 Å². The molecule has 0 radical (unpaired) electrons. The molecule has 2 aliphatic carbocycles. The maximum absolute atomic E-state index is 14.7. The zero-order valence-electron chi connectivity index (χ0n) is 39.6. The van der Waals surface area contributed by atoms with Gasteiger partial charge in [0.2, 0.25) is 12.1 Å². The standard InChI is InChI=1S/C52H82N2O11/c1-4-7-8-9-10-11-12-13-14-20-34-62-51(58)54(27-35-59-36-30-57)47-39-45(53-65-48-24-17-21-33-61-48)43-37-40(22-15-18-28-55)42(23-16-19-29-56)49-44-38-41(60-31-5-2)25-26-46(44)64-52(47,50(43)49)63-32-6-3/h5-6,25-26,37-38,40,42,47-50,55-57H,2-4,7-24,27-36,39H2,1H3/t40-,42+,47-,48?,49+,50+,52+/m0/s1. The first-order valence-electron chi connectivity index (χ1n) is 25.2. The highest BCUT2D eigenvalue weighted by molar-refractivity contribution is 6.03. The van der Waals surface area contributed by atoms with Crippen molar-refractivity contribution < 1.29 is 53.4 Å². The Bertz CT molecular complexity index is 1610. The minimum Gasteiger partial charge on any atom is -0.490 e. The van der Waals surface area contributed by atoms with E-state index in [1.807, 2.05) is 12.1 Å². The van der Waals surface area contributed by atoms with Crippen LogP contribution in [0, 0.1) is 17.8 Å². The summed E-state index contributed by atoms with van der Waals surface area (Å²) in [6, 6.07) is 5.14. The molecule has 2 heterocycles. The Kier molecular flexibility index (Phi) is 23.7. The lowest BCUT2D eigenvalue weighted by Gasteiger charge is -2.59. The van der Waals surface area contributed by atoms with Gasteiger partial charge in [-0.2, -0.15) is 0 Å². The maximum Gasteiger partial charge on any atom is 0.410 e. The minimum absolute atomic E-state index is 0.0604. The summed E-state index contributed by atoms with van der Waals surface area (Å²) in [7, 11) is 0. The summed E-state index contributed by atoms with van der Waals surface area (Å²) in [5.74, 6) is -0.670. The molecular weight excluding hydrogens is 829 g/mol. The zero-order valence-corrected chi connectivity index (χ0v) is 39.6. The summed E-state index contributed by atoms with van der Waals surface area (Å²) < 4.78 is 38.6. The number of hydrogen-bond acceptors (Lipinski definition) is 12. The third-order valence-corrected chi connectivity index (χ3v) is 13.5. The summed E-state index contributed by atoms with van der Waals surface area (Å²) in [6.45, 7) is 12.0. The van der Waals surface area contributed by atoms with E-state index in [0.717, 1.165) is 75.3 Å². The minimum atomic E-state index is -1.44. The van der Waals surface area contributed by atoms with Gasteiger partial charge < -0.3 is 48.6 Å². The summed E-state index contributed by atoms with van der Waals surface area (Å²) >= 11 is 0. The number of oxime groups is 1. The van der Waals surface area contributed by atoms with Gasteiger partial charge in [-0.05, 0) is 80.6 Å². The molecule has 7 atom stereocenters. The molecule has 2 aliphatic heterocycles. The van der Waals surface area contributed by atoms with Gasteiger partial charge in [0, 0.05) is 44.1 Å². The first-order chi connectivity index (χ1) is 32.0. The van der Waals surface area contributed by atoms with Crippen molar-refractivity contribution in [2.24, 2.45) is 22.9 Å². The van der Waals surface area contributed by atoms with Crippen LogP contribution in [0.2, 0.25) is 0 Å². The predicted octanol–water partition coefficient (Wildman–Crippen LogP) is 9.78. The van der Waals surface area contributed by atoms with E-state index < -0.39 is 30.1 Å². The molecule has 0 spiro atoms. The number of fused-ring (bicyclic) bond motifs is 2. The summed E-state index contributed by atoms with van der Waals surface area (Å²) in [4.78, 5) is 22.7. The second kappa shape index (κ2) is 29.3. The van der Waals surface area contributed by atoms with Crippen molar-refractivity contribution in [3.63, 3.8) is 0 Å². The van der Waals surface area contributed by atoms with Gasteiger partial charge in [-0.15, -0.1) is 6.58 Å². The second-order valence-electron chi connectivity index (χ2n) is 18.1. The third kappa shape index (κ3) is 15.0. The molecule has 0 aromatic heterocycles. The van der Waals surface area contributed by atoms with Crippen molar-refractivity contribution in [3.8, 4) is 11.5 Å². The van der Waals surface area contributed by atoms with Crippen LogP contribution in [0.5, 0.6) is 11.5 Å². The lowest BCUT2D eigenvalue weighted by molar-refractivity contribution is -0.256. The molecular formula is C52H82N2O11. The third-order valence-electron chi connectivity index (χ3n) is 13.5. The van der Waals surface area contributed by atoms with Crippen molar-refractivity contribution in [3.05, 3.63) is 60.7 Å². The highest BCUT2D eigenvalue weighted by Gasteiger charge is 2.65. The fourth-order valence-corrected chi connectivity index (χ4v) is 10.3. The lowest BCUT2D eigenvalue weighted by atomic mass is 9.55. The number of nitrogens with zero attached hydrogens (tertiary/aromatic N) is 2.